The number of nitro benzene ring substituents is 1. The quantitative estimate of drug-likeness (QED) is 0.254. The summed E-state index contributed by atoms with van der Waals surface area (Å²) in [6.07, 6.45) is 0. The first kappa shape index (κ1) is 25.7. The minimum atomic E-state index is -4.20. The Labute approximate surface area is 206 Å². The van der Waals surface area contributed by atoms with Crippen molar-refractivity contribution in [3.8, 4) is 0 Å². The first-order chi connectivity index (χ1) is 16.6. The van der Waals surface area contributed by atoms with Crippen LogP contribution in [0.4, 0.5) is 17.1 Å². The summed E-state index contributed by atoms with van der Waals surface area (Å²) < 4.78 is 32.4. The minimum absolute atomic E-state index is 0.0525. The maximum Gasteiger partial charge on any atom is 0.338 e. The van der Waals surface area contributed by atoms with E-state index in [1.54, 1.807) is 13.0 Å². The molecule has 182 valence electrons. The first-order valence-electron chi connectivity index (χ1n) is 10.2. The number of benzene rings is 3. The monoisotopic (exact) mass is 517 g/mol. The van der Waals surface area contributed by atoms with Gasteiger partial charge in [0.25, 0.3) is 15.7 Å². The van der Waals surface area contributed by atoms with Crippen molar-refractivity contribution in [2.45, 2.75) is 11.8 Å². The van der Waals surface area contributed by atoms with Gasteiger partial charge in [0, 0.05) is 12.1 Å². The highest BCUT2D eigenvalue weighted by atomic mass is 35.5. The fourth-order valence-corrected chi connectivity index (χ4v) is 4.72. The Balaban J connectivity index is 1.89. The van der Waals surface area contributed by atoms with Crippen LogP contribution < -0.4 is 9.62 Å². The number of nitrogens with zero attached hydrogens (tertiary/aromatic N) is 2. The summed E-state index contributed by atoms with van der Waals surface area (Å²) in [4.78, 5) is 35.0. The molecule has 0 atom stereocenters. The van der Waals surface area contributed by atoms with E-state index in [9.17, 15) is 28.1 Å². The Hall–Kier alpha value is -3.96. The Morgan fingerprint density at radius 1 is 1.06 bits per heavy atom. The van der Waals surface area contributed by atoms with Crippen LogP contribution in [-0.2, 0) is 19.6 Å². The molecule has 0 heterocycles. The summed E-state index contributed by atoms with van der Waals surface area (Å²) >= 11 is 6.19. The Morgan fingerprint density at radius 3 is 2.29 bits per heavy atom. The van der Waals surface area contributed by atoms with Gasteiger partial charge in [-0.15, -0.1) is 0 Å². The summed E-state index contributed by atoms with van der Waals surface area (Å²) in [5, 5.41) is 13.6. The van der Waals surface area contributed by atoms with Crippen LogP contribution in [0.1, 0.15) is 17.3 Å². The standard InChI is InChI=1S/C23H20ClN3O7S/c1-2-34-23(29)16-8-13-21(20(24)14-16)25-22(28)15-26(17-9-11-18(12-10-17)27(30)31)35(32,33)19-6-4-3-5-7-19/h3-14H,2,15H2,1H3,(H,25,28). The number of sulfonamides is 1. The topological polar surface area (TPSA) is 136 Å². The molecule has 3 aromatic rings. The van der Waals surface area contributed by atoms with E-state index < -0.39 is 33.4 Å². The van der Waals surface area contributed by atoms with E-state index in [-0.39, 0.29) is 39.2 Å². The van der Waals surface area contributed by atoms with Crippen molar-refractivity contribution in [3.05, 3.63) is 93.5 Å². The number of amides is 1. The van der Waals surface area contributed by atoms with Gasteiger partial charge in [-0.1, -0.05) is 29.8 Å². The van der Waals surface area contributed by atoms with Gasteiger partial charge in [0.2, 0.25) is 5.91 Å². The number of esters is 1. The molecule has 12 heteroatoms. The predicted molar refractivity (Wildman–Crippen MR) is 130 cm³/mol. The fourth-order valence-electron chi connectivity index (χ4n) is 3.05. The second-order valence-corrected chi connectivity index (χ2v) is 9.33. The van der Waals surface area contributed by atoms with Gasteiger partial charge in [0.15, 0.2) is 0 Å². The minimum Gasteiger partial charge on any atom is -0.462 e. The molecule has 0 radical (unpaired) electrons. The van der Waals surface area contributed by atoms with Gasteiger partial charge in [-0.3, -0.25) is 19.2 Å². The number of anilines is 2. The summed E-state index contributed by atoms with van der Waals surface area (Å²) in [6, 6.07) is 16.4. The van der Waals surface area contributed by atoms with E-state index in [1.165, 1.54) is 54.6 Å². The molecule has 35 heavy (non-hydrogen) atoms. The highest BCUT2D eigenvalue weighted by Crippen LogP contribution is 2.27. The number of carbonyl (C=O) groups excluding carboxylic acids is 2. The van der Waals surface area contributed by atoms with E-state index >= 15 is 0 Å². The molecule has 3 rings (SSSR count). The first-order valence-corrected chi connectivity index (χ1v) is 12.0. The van der Waals surface area contributed by atoms with E-state index in [0.29, 0.717) is 0 Å². The number of non-ortho nitro benzene ring substituents is 1. The van der Waals surface area contributed by atoms with Crippen molar-refractivity contribution in [3.63, 3.8) is 0 Å². The van der Waals surface area contributed by atoms with Crippen molar-refractivity contribution in [2.24, 2.45) is 0 Å². The van der Waals surface area contributed by atoms with E-state index in [2.05, 4.69) is 5.32 Å². The number of halogens is 1. The van der Waals surface area contributed by atoms with Crippen molar-refractivity contribution in [1.82, 2.24) is 0 Å². The number of ether oxygens (including phenoxy) is 1. The molecule has 0 aliphatic rings. The van der Waals surface area contributed by atoms with Gasteiger partial charge >= 0.3 is 5.97 Å². The van der Waals surface area contributed by atoms with E-state index in [0.717, 1.165) is 16.4 Å². The summed E-state index contributed by atoms with van der Waals surface area (Å²) in [7, 11) is -4.20. The molecule has 0 unspecified atom stereocenters. The second kappa shape index (κ2) is 11.0. The van der Waals surface area contributed by atoms with Crippen LogP contribution in [0.15, 0.2) is 77.7 Å². The van der Waals surface area contributed by atoms with Crippen molar-refractivity contribution in [2.75, 3.05) is 22.8 Å². The van der Waals surface area contributed by atoms with Crippen LogP contribution in [0.2, 0.25) is 5.02 Å². The van der Waals surface area contributed by atoms with Gasteiger partial charge in [-0.05, 0) is 49.4 Å². The van der Waals surface area contributed by atoms with Gasteiger partial charge in [0.05, 0.1) is 38.4 Å². The second-order valence-electron chi connectivity index (χ2n) is 7.06. The van der Waals surface area contributed by atoms with Crippen molar-refractivity contribution in [1.29, 1.82) is 0 Å². The summed E-state index contributed by atoms with van der Waals surface area (Å²) in [5.41, 5.74) is 0.168. The van der Waals surface area contributed by atoms with Gasteiger partial charge in [-0.25, -0.2) is 13.2 Å². The number of hydrogen-bond acceptors (Lipinski definition) is 7. The highest BCUT2D eigenvalue weighted by Gasteiger charge is 2.28. The Bertz CT molecular complexity index is 1350. The van der Waals surface area contributed by atoms with Crippen LogP contribution in [0.3, 0.4) is 0 Å². The third kappa shape index (κ3) is 6.14. The average molecular weight is 518 g/mol. The van der Waals surface area contributed by atoms with Crippen molar-refractivity contribution >= 4 is 50.6 Å². The number of nitro groups is 1. The number of carbonyl (C=O) groups is 2. The third-order valence-electron chi connectivity index (χ3n) is 4.72. The Morgan fingerprint density at radius 2 is 1.71 bits per heavy atom. The molecular weight excluding hydrogens is 498 g/mol. The number of hydrogen-bond donors (Lipinski definition) is 1. The number of nitrogens with one attached hydrogen (secondary N) is 1. The van der Waals surface area contributed by atoms with Crippen LogP contribution in [0.25, 0.3) is 0 Å². The lowest BCUT2D eigenvalue weighted by Gasteiger charge is -2.24. The zero-order chi connectivity index (χ0) is 25.6. The zero-order valence-corrected chi connectivity index (χ0v) is 20.0. The zero-order valence-electron chi connectivity index (χ0n) is 18.4. The normalized spacial score (nSPS) is 10.9. The van der Waals surface area contributed by atoms with Crippen LogP contribution in [0, 0.1) is 10.1 Å². The SMILES string of the molecule is CCOC(=O)c1ccc(NC(=O)CN(c2ccc([N+](=O)[O-])cc2)S(=O)(=O)c2ccccc2)c(Cl)c1. The van der Waals surface area contributed by atoms with Gasteiger partial charge < -0.3 is 10.1 Å². The lowest BCUT2D eigenvalue weighted by Crippen LogP contribution is -2.38. The van der Waals surface area contributed by atoms with Crippen molar-refractivity contribution < 1.29 is 27.7 Å². The van der Waals surface area contributed by atoms with Gasteiger partial charge in [0.1, 0.15) is 6.54 Å². The molecule has 0 aliphatic carbocycles. The Kier molecular flexibility index (Phi) is 8.05. The van der Waals surface area contributed by atoms with Crippen LogP contribution in [-0.4, -0.2) is 38.4 Å². The third-order valence-corrected chi connectivity index (χ3v) is 6.82. The molecule has 0 saturated carbocycles. The molecule has 0 fully saturated rings. The van der Waals surface area contributed by atoms with Crippen LogP contribution >= 0.6 is 11.6 Å². The molecule has 3 aromatic carbocycles. The molecule has 0 aliphatic heterocycles. The van der Waals surface area contributed by atoms with Gasteiger partial charge in [-0.2, -0.15) is 0 Å². The van der Waals surface area contributed by atoms with E-state index in [1.807, 2.05) is 0 Å². The maximum absolute atomic E-state index is 13.3. The lowest BCUT2D eigenvalue weighted by molar-refractivity contribution is -0.384. The predicted octanol–water partition coefficient (Wildman–Crippen LogP) is 4.26. The summed E-state index contributed by atoms with van der Waals surface area (Å²) in [5.74, 6) is -1.31. The highest BCUT2D eigenvalue weighted by molar-refractivity contribution is 7.92. The summed E-state index contributed by atoms with van der Waals surface area (Å²) in [6.45, 7) is 1.20. The molecule has 0 bridgehead atoms. The fraction of sp³-hybridized carbons (Fsp3) is 0.130. The van der Waals surface area contributed by atoms with E-state index in [4.69, 9.17) is 16.3 Å². The molecule has 0 aromatic heterocycles. The molecule has 1 amide bonds. The largest absolute Gasteiger partial charge is 0.462 e. The molecule has 0 spiro atoms. The molecule has 10 nitrogen and oxygen atoms in total. The number of rotatable bonds is 9. The van der Waals surface area contributed by atoms with Crippen LogP contribution in [0.5, 0.6) is 0 Å². The average Bonchev–Trinajstić information content (AvgIpc) is 2.84. The molecular formula is C23H20ClN3O7S. The molecule has 0 saturated heterocycles. The smallest absolute Gasteiger partial charge is 0.338 e. The molecule has 1 N–H and O–H groups in total. The lowest BCUT2D eigenvalue weighted by atomic mass is 10.2. The maximum atomic E-state index is 13.3.